The number of nitrogens with two attached hydrogens (primary N) is 1. The van der Waals surface area contributed by atoms with Gasteiger partial charge in [0, 0.05) is 6.20 Å². The third kappa shape index (κ3) is 3.96. The van der Waals surface area contributed by atoms with Crippen LogP contribution < -0.4 is 15.2 Å². The Morgan fingerprint density at radius 2 is 1.84 bits per heavy atom. The molecule has 0 aliphatic carbocycles. The van der Waals surface area contributed by atoms with Gasteiger partial charge in [-0.3, -0.25) is 9.78 Å². The second kappa shape index (κ2) is 7.18. The summed E-state index contributed by atoms with van der Waals surface area (Å²) in [5.74, 6) is -1.22. The SMILES string of the molecule is COc1ccc([C@@H](C(N)=O)c2ncc(C(F)(F)F)cc2Cl)cc1OC. The second-order valence-electron chi connectivity index (χ2n) is 5.04. The number of halogens is 4. The Kier molecular flexibility index (Phi) is 5.42. The molecule has 2 N–H and O–H groups in total. The van der Waals surface area contributed by atoms with E-state index in [0.717, 1.165) is 0 Å². The van der Waals surface area contributed by atoms with Gasteiger partial charge in [0.2, 0.25) is 5.91 Å². The number of ether oxygens (including phenoxy) is 2. The first kappa shape index (κ1) is 18.9. The topological polar surface area (TPSA) is 74.4 Å². The van der Waals surface area contributed by atoms with Crippen LogP contribution in [-0.4, -0.2) is 25.1 Å². The number of carbonyl (C=O) groups is 1. The van der Waals surface area contributed by atoms with E-state index in [9.17, 15) is 18.0 Å². The molecule has 0 aliphatic rings. The highest BCUT2D eigenvalue weighted by Crippen LogP contribution is 2.37. The molecular weight excluding hydrogens is 361 g/mol. The fourth-order valence-electron chi connectivity index (χ4n) is 2.31. The van der Waals surface area contributed by atoms with Crippen molar-refractivity contribution < 1.29 is 27.4 Å². The van der Waals surface area contributed by atoms with E-state index in [-0.39, 0.29) is 10.7 Å². The van der Waals surface area contributed by atoms with Crippen molar-refractivity contribution in [1.29, 1.82) is 0 Å². The van der Waals surface area contributed by atoms with Gasteiger partial charge in [-0.25, -0.2) is 0 Å². The van der Waals surface area contributed by atoms with Crippen LogP contribution in [0, 0.1) is 0 Å². The van der Waals surface area contributed by atoms with Crippen LogP contribution in [0.1, 0.15) is 22.7 Å². The number of benzene rings is 1. The van der Waals surface area contributed by atoms with E-state index in [4.69, 9.17) is 26.8 Å². The maximum absolute atomic E-state index is 12.7. The van der Waals surface area contributed by atoms with Crippen LogP contribution in [-0.2, 0) is 11.0 Å². The van der Waals surface area contributed by atoms with Crippen LogP contribution >= 0.6 is 11.6 Å². The van der Waals surface area contributed by atoms with Gasteiger partial charge in [0.05, 0.1) is 30.5 Å². The van der Waals surface area contributed by atoms with E-state index in [0.29, 0.717) is 29.3 Å². The number of amides is 1. The summed E-state index contributed by atoms with van der Waals surface area (Å²) in [4.78, 5) is 15.6. The first-order valence-corrected chi connectivity index (χ1v) is 7.30. The predicted molar refractivity (Wildman–Crippen MR) is 84.8 cm³/mol. The highest BCUT2D eigenvalue weighted by molar-refractivity contribution is 6.31. The Morgan fingerprint density at radius 1 is 1.20 bits per heavy atom. The molecule has 25 heavy (non-hydrogen) atoms. The number of primary amides is 1. The summed E-state index contributed by atoms with van der Waals surface area (Å²) >= 11 is 5.93. The molecule has 0 saturated carbocycles. The molecule has 134 valence electrons. The van der Waals surface area contributed by atoms with Gasteiger partial charge in [-0.05, 0) is 23.8 Å². The number of rotatable bonds is 5. The lowest BCUT2D eigenvalue weighted by Gasteiger charge is -2.18. The number of hydrogen-bond acceptors (Lipinski definition) is 4. The van der Waals surface area contributed by atoms with Crippen LogP contribution in [0.15, 0.2) is 30.5 Å². The quantitative estimate of drug-likeness (QED) is 0.870. The molecule has 0 saturated heterocycles. The number of carbonyl (C=O) groups excluding carboxylic acids is 1. The van der Waals surface area contributed by atoms with E-state index in [1.54, 1.807) is 6.07 Å². The van der Waals surface area contributed by atoms with Crippen molar-refractivity contribution in [3.63, 3.8) is 0 Å². The van der Waals surface area contributed by atoms with Gasteiger partial charge >= 0.3 is 6.18 Å². The third-order valence-corrected chi connectivity index (χ3v) is 3.80. The van der Waals surface area contributed by atoms with Gasteiger partial charge in [0.25, 0.3) is 0 Å². The largest absolute Gasteiger partial charge is 0.493 e. The molecule has 0 spiro atoms. The van der Waals surface area contributed by atoms with E-state index < -0.39 is 23.6 Å². The fourth-order valence-corrected chi connectivity index (χ4v) is 2.58. The highest BCUT2D eigenvalue weighted by atomic mass is 35.5. The Morgan fingerprint density at radius 3 is 2.32 bits per heavy atom. The van der Waals surface area contributed by atoms with Crippen LogP contribution in [0.2, 0.25) is 5.02 Å². The van der Waals surface area contributed by atoms with E-state index in [1.165, 1.54) is 26.4 Å². The maximum atomic E-state index is 12.7. The van der Waals surface area contributed by atoms with E-state index >= 15 is 0 Å². The van der Waals surface area contributed by atoms with E-state index in [2.05, 4.69) is 4.98 Å². The summed E-state index contributed by atoms with van der Waals surface area (Å²) in [6, 6.07) is 5.28. The number of aromatic nitrogens is 1. The van der Waals surface area contributed by atoms with Crippen LogP contribution in [0.4, 0.5) is 13.2 Å². The number of pyridine rings is 1. The molecule has 9 heteroatoms. The van der Waals surface area contributed by atoms with Gasteiger partial charge in [0.15, 0.2) is 11.5 Å². The lowest BCUT2D eigenvalue weighted by Crippen LogP contribution is -2.24. The molecule has 0 unspecified atom stereocenters. The Bertz CT molecular complexity index is 797. The molecule has 2 aromatic rings. The van der Waals surface area contributed by atoms with Crippen LogP contribution in [0.25, 0.3) is 0 Å². The zero-order valence-electron chi connectivity index (χ0n) is 13.2. The Labute approximate surface area is 146 Å². The van der Waals surface area contributed by atoms with Crippen molar-refractivity contribution >= 4 is 17.5 Å². The smallest absolute Gasteiger partial charge is 0.417 e. The zero-order chi connectivity index (χ0) is 18.8. The lowest BCUT2D eigenvalue weighted by molar-refractivity contribution is -0.137. The minimum absolute atomic E-state index is 0.0746. The third-order valence-electron chi connectivity index (χ3n) is 3.50. The van der Waals surface area contributed by atoms with Crippen LogP contribution in [0.3, 0.4) is 0 Å². The molecule has 1 amide bonds. The summed E-state index contributed by atoms with van der Waals surface area (Å²) in [5.41, 5.74) is 4.69. The van der Waals surface area contributed by atoms with Crippen molar-refractivity contribution in [2.75, 3.05) is 14.2 Å². The van der Waals surface area contributed by atoms with Gasteiger partial charge in [-0.15, -0.1) is 0 Å². The molecule has 1 aromatic carbocycles. The highest BCUT2D eigenvalue weighted by Gasteiger charge is 2.33. The molecule has 0 radical (unpaired) electrons. The Hall–Kier alpha value is -2.48. The minimum atomic E-state index is -4.60. The van der Waals surface area contributed by atoms with Gasteiger partial charge in [-0.2, -0.15) is 13.2 Å². The predicted octanol–water partition coefficient (Wildman–Crippen LogP) is 3.39. The molecule has 0 bridgehead atoms. The maximum Gasteiger partial charge on any atom is 0.417 e. The molecular formula is C16H14ClF3N2O3. The first-order chi connectivity index (χ1) is 11.7. The molecule has 0 aliphatic heterocycles. The molecule has 1 aromatic heterocycles. The zero-order valence-corrected chi connectivity index (χ0v) is 14.0. The second-order valence-corrected chi connectivity index (χ2v) is 5.45. The summed E-state index contributed by atoms with van der Waals surface area (Å²) in [6.45, 7) is 0. The normalized spacial score (nSPS) is 12.6. The number of methoxy groups -OCH3 is 2. The molecule has 0 fully saturated rings. The summed E-state index contributed by atoms with van der Waals surface area (Å²) in [6.07, 6.45) is -3.99. The molecule has 5 nitrogen and oxygen atoms in total. The summed E-state index contributed by atoms with van der Waals surface area (Å²) in [7, 11) is 2.85. The summed E-state index contributed by atoms with van der Waals surface area (Å²) in [5, 5.41) is -0.312. The number of hydrogen-bond donors (Lipinski definition) is 1. The summed E-state index contributed by atoms with van der Waals surface area (Å²) < 4.78 is 48.5. The van der Waals surface area contributed by atoms with Crippen molar-refractivity contribution in [1.82, 2.24) is 4.98 Å². The van der Waals surface area contributed by atoms with Crippen molar-refractivity contribution in [2.24, 2.45) is 5.73 Å². The van der Waals surface area contributed by atoms with Gasteiger partial charge in [-0.1, -0.05) is 17.7 Å². The van der Waals surface area contributed by atoms with Gasteiger partial charge < -0.3 is 15.2 Å². The molecule has 1 heterocycles. The Balaban J connectivity index is 2.55. The number of alkyl halides is 3. The first-order valence-electron chi connectivity index (χ1n) is 6.93. The average molecular weight is 375 g/mol. The minimum Gasteiger partial charge on any atom is -0.493 e. The molecule has 1 atom stereocenters. The van der Waals surface area contributed by atoms with E-state index in [1.807, 2.05) is 0 Å². The monoisotopic (exact) mass is 374 g/mol. The standard InChI is InChI=1S/C16H14ClF3N2O3/c1-24-11-4-3-8(5-12(11)25-2)13(15(21)23)14-10(17)6-9(7-22-14)16(18,19)20/h3-7,13H,1-2H3,(H2,21,23)/t13-/m1/s1. The van der Waals surface area contributed by atoms with Crippen molar-refractivity contribution in [3.05, 3.63) is 52.3 Å². The average Bonchev–Trinajstić information content (AvgIpc) is 2.55. The van der Waals surface area contributed by atoms with Gasteiger partial charge in [0.1, 0.15) is 5.92 Å². The van der Waals surface area contributed by atoms with Crippen LogP contribution in [0.5, 0.6) is 11.5 Å². The fraction of sp³-hybridized carbons (Fsp3) is 0.250. The lowest BCUT2D eigenvalue weighted by atomic mass is 9.93. The molecule has 2 rings (SSSR count). The van der Waals surface area contributed by atoms with Crippen molar-refractivity contribution in [3.8, 4) is 11.5 Å². The van der Waals surface area contributed by atoms with Crippen molar-refractivity contribution in [2.45, 2.75) is 12.1 Å². The number of nitrogens with zero attached hydrogens (tertiary/aromatic N) is 1.